The molecule has 2 aromatic carbocycles. The summed E-state index contributed by atoms with van der Waals surface area (Å²) in [7, 11) is -3.59. The Balaban J connectivity index is 1.65. The summed E-state index contributed by atoms with van der Waals surface area (Å²) in [5.41, 5.74) is 3.36. The van der Waals surface area contributed by atoms with Crippen molar-refractivity contribution in [1.29, 1.82) is 0 Å². The molecule has 0 aliphatic carbocycles. The minimum absolute atomic E-state index is 0.277. The molecule has 1 N–H and O–H groups in total. The summed E-state index contributed by atoms with van der Waals surface area (Å²) in [4.78, 5) is 4.65. The molecule has 4 nitrogen and oxygen atoms in total. The number of fused-ring (bicyclic) bond motifs is 1. The number of halogens is 1. The van der Waals surface area contributed by atoms with Crippen LogP contribution in [0.25, 0.3) is 20.8 Å². The highest BCUT2D eigenvalue weighted by Crippen LogP contribution is 2.33. The van der Waals surface area contributed by atoms with Crippen LogP contribution in [-0.4, -0.2) is 13.4 Å². The Kier molecular flexibility index (Phi) is 4.60. The van der Waals surface area contributed by atoms with E-state index in [0.29, 0.717) is 5.69 Å². The number of thiazole rings is 1. The molecule has 2 aromatic heterocycles. The minimum atomic E-state index is -3.59. The number of nitrogens with one attached hydrogen (secondary N) is 1. The largest absolute Gasteiger partial charge is 0.279 e. The molecule has 4 aromatic rings. The molecule has 0 unspecified atom stereocenters. The zero-order valence-corrected chi connectivity index (χ0v) is 17.6. The molecule has 0 radical (unpaired) electrons. The van der Waals surface area contributed by atoms with Crippen LogP contribution in [0.4, 0.5) is 5.69 Å². The van der Waals surface area contributed by atoms with Gasteiger partial charge in [-0.2, -0.15) is 0 Å². The second-order valence-corrected chi connectivity index (χ2v) is 11.1. The topological polar surface area (TPSA) is 59.1 Å². The Morgan fingerprint density at radius 1 is 1.04 bits per heavy atom. The van der Waals surface area contributed by atoms with E-state index in [9.17, 15) is 8.42 Å². The lowest BCUT2D eigenvalue weighted by molar-refractivity contribution is 0.603. The standard InChI is InChI=1S/C18H13BrN2O2S3/c1-11-10-12(18-20-14-4-2-3-5-15(14)24-18)6-7-13(11)21-26(22,23)17-9-8-16(19)25-17/h2-10,21H,1H3. The average Bonchev–Trinajstić information content (AvgIpc) is 3.23. The highest BCUT2D eigenvalue weighted by atomic mass is 79.9. The predicted molar refractivity (Wildman–Crippen MR) is 113 cm³/mol. The third-order valence-electron chi connectivity index (χ3n) is 3.82. The molecule has 0 aliphatic heterocycles. The molecule has 2 heterocycles. The van der Waals surface area contributed by atoms with Crippen LogP contribution in [0.1, 0.15) is 5.56 Å². The van der Waals surface area contributed by atoms with Crippen LogP contribution in [0, 0.1) is 6.92 Å². The molecular weight excluding hydrogens is 452 g/mol. The Hall–Kier alpha value is -1.74. The van der Waals surface area contributed by atoms with E-state index in [1.807, 2.05) is 43.3 Å². The highest BCUT2D eigenvalue weighted by molar-refractivity contribution is 9.11. The quantitative estimate of drug-likeness (QED) is 0.409. The van der Waals surface area contributed by atoms with Gasteiger partial charge in [0, 0.05) is 5.56 Å². The lowest BCUT2D eigenvalue weighted by Crippen LogP contribution is -2.12. The molecule has 132 valence electrons. The number of sulfonamides is 1. The van der Waals surface area contributed by atoms with Gasteiger partial charge in [0.25, 0.3) is 10.0 Å². The van der Waals surface area contributed by atoms with Crippen LogP contribution < -0.4 is 4.72 Å². The number of rotatable bonds is 4. The monoisotopic (exact) mass is 464 g/mol. The van der Waals surface area contributed by atoms with Crippen molar-refractivity contribution >= 4 is 64.5 Å². The van der Waals surface area contributed by atoms with E-state index in [-0.39, 0.29) is 4.21 Å². The van der Waals surface area contributed by atoms with Crippen LogP contribution >= 0.6 is 38.6 Å². The van der Waals surface area contributed by atoms with Gasteiger partial charge in [0.05, 0.1) is 19.7 Å². The Morgan fingerprint density at radius 2 is 1.85 bits per heavy atom. The summed E-state index contributed by atoms with van der Waals surface area (Å²) < 4.78 is 29.9. The van der Waals surface area contributed by atoms with Gasteiger partial charge >= 0.3 is 0 Å². The first-order chi connectivity index (χ1) is 12.4. The number of benzene rings is 2. The summed E-state index contributed by atoms with van der Waals surface area (Å²) in [6.45, 7) is 1.89. The number of aromatic nitrogens is 1. The van der Waals surface area contributed by atoms with Gasteiger partial charge in [0.15, 0.2) is 0 Å². The van der Waals surface area contributed by atoms with E-state index >= 15 is 0 Å². The minimum Gasteiger partial charge on any atom is -0.279 e. The molecule has 0 saturated carbocycles. The van der Waals surface area contributed by atoms with E-state index in [1.54, 1.807) is 29.5 Å². The Morgan fingerprint density at radius 3 is 2.54 bits per heavy atom. The van der Waals surface area contributed by atoms with Gasteiger partial charge in [-0.1, -0.05) is 12.1 Å². The van der Waals surface area contributed by atoms with Crippen LogP contribution in [-0.2, 0) is 10.0 Å². The van der Waals surface area contributed by atoms with Gasteiger partial charge in [0.1, 0.15) is 9.22 Å². The molecule has 0 atom stereocenters. The molecule has 26 heavy (non-hydrogen) atoms. The van der Waals surface area contributed by atoms with Gasteiger partial charge in [-0.05, 0) is 70.9 Å². The van der Waals surface area contributed by atoms with Gasteiger partial charge in [0.2, 0.25) is 0 Å². The first-order valence-corrected chi connectivity index (χ1v) is 11.6. The lowest BCUT2D eigenvalue weighted by Gasteiger charge is -2.10. The Labute approximate surface area is 167 Å². The number of aryl methyl sites for hydroxylation is 1. The Bertz CT molecular complexity index is 1180. The van der Waals surface area contributed by atoms with Crippen molar-refractivity contribution in [2.24, 2.45) is 0 Å². The van der Waals surface area contributed by atoms with E-state index < -0.39 is 10.0 Å². The maximum absolute atomic E-state index is 12.5. The maximum atomic E-state index is 12.5. The van der Waals surface area contributed by atoms with E-state index in [2.05, 4.69) is 25.6 Å². The summed E-state index contributed by atoms with van der Waals surface area (Å²) in [6.07, 6.45) is 0. The van der Waals surface area contributed by atoms with Crippen LogP contribution in [0.5, 0.6) is 0 Å². The van der Waals surface area contributed by atoms with E-state index in [1.165, 1.54) is 11.3 Å². The number of hydrogen-bond acceptors (Lipinski definition) is 5. The van der Waals surface area contributed by atoms with E-state index in [0.717, 1.165) is 30.1 Å². The van der Waals surface area contributed by atoms with Crippen molar-refractivity contribution in [3.8, 4) is 10.6 Å². The van der Waals surface area contributed by atoms with Gasteiger partial charge < -0.3 is 0 Å². The SMILES string of the molecule is Cc1cc(-c2nc3ccccc3s2)ccc1NS(=O)(=O)c1ccc(Br)s1. The number of para-hydroxylation sites is 1. The number of anilines is 1. The average molecular weight is 465 g/mol. The predicted octanol–water partition coefficient (Wildman–Crippen LogP) is 5.90. The second kappa shape index (κ2) is 6.77. The smallest absolute Gasteiger partial charge is 0.271 e. The van der Waals surface area contributed by atoms with Crippen LogP contribution in [0.3, 0.4) is 0 Å². The molecule has 0 fully saturated rings. The molecule has 0 aliphatic rings. The number of nitrogens with zero attached hydrogens (tertiary/aromatic N) is 1. The normalized spacial score (nSPS) is 11.8. The molecular formula is C18H13BrN2O2S3. The van der Waals surface area contributed by atoms with Crippen molar-refractivity contribution in [2.75, 3.05) is 4.72 Å². The van der Waals surface area contributed by atoms with Crippen molar-refractivity contribution < 1.29 is 8.42 Å². The van der Waals surface area contributed by atoms with E-state index in [4.69, 9.17) is 0 Å². The summed E-state index contributed by atoms with van der Waals surface area (Å²) >= 11 is 6.10. The first-order valence-electron chi connectivity index (χ1n) is 7.67. The molecule has 4 rings (SSSR count). The fraction of sp³-hybridized carbons (Fsp3) is 0.0556. The van der Waals surface area contributed by atoms with Gasteiger partial charge in [-0.25, -0.2) is 13.4 Å². The summed E-state index contributed by atoms with van der Waals surface area (Å²) in [6, 6.07) is 17.0. The fourth-order valence-corrected chi connectivity index (χ4v) is 6.65. The van der Waals surface area contributed by atoms with Crippen molar-refractivity contribution in [3.63, 3.8) is 0 Å². The summed E-state index contributed by atoms with van der Waals surface area (Å²) in [5.74, 6) is 0. The van der Waals surface area contributed by atoms with Crippen molar-refractivity contribution in [3.05, 3.63) is 63.9 Å². The molecule has 0 bridgehead atoms. The molecule has 0 spiro atoms. The van der Waals surface area contributed by atoms with Crippen LogP contribution in [0.15, 0.2) is 62.6 Å². The zero-order chi connectivity index (χ0) is 18.3. The third kappa shape index (κ3) is 3.42. The van der Waals surface area contributed by atoms with Crippen LogP contribution in [0.2, 0.25) is 0 Å². The van der Waals surface area contributed by atoms with Crippen molar-refractivity contribution in [1.82, 2.24) is 4.98 Å². The summed E-state index contributed by atoms with van der Waals surface area (Å²) in [5, 5.41) is 0.922. The maximum Gasteiger partial charge on any atom is 0.271 e. The first kappa shape index (κ1) is 17.7. The number of hydrogen-bond donors (Lipinski definition) is 1. The molecule has 0 saturated heterocycles. The molecule has 8 heteroatoms. The van der Waals surface area contributed by atoms with Gasteiger partial charge in [-0.15, -0.1) is 22.7 Å². The second-order valence-electron chi connectivity index (χ2n) is 5.68. The van der Waals surface area contributed by atoms with Crippen molar-refractivity contribution in [2.45, 2.75) is 11.1 Å². The highest BCUT2D eigenvalue weighted by Gasteiger charge is 2.18. The fourth-order valence-electron chi connectivity index (χ4n) is 2.54. The number of thiophene rings is 1. The zero-order valence-electron chi connectivity index (χ0n) is 13.6. The molecule has 0 amide bonds. The lowest BCUT2D eigenvalue weighted by atomic mass is 10.1. The van der Waals surface area contributed by atoms with Gasteiger partial charge in [-0.3, -0.25) is 4.72 Å². The third-order valence-corrected chi connectivity index (χ3v) is 8.39.